The third-order valence-electron chi connectivity index (χ3n) is 4.52. The summed E-state index contributed by atoms with van der Waals surface area (Å²) in [5, 5.41) is 0. The monoisotopic (exact) mass is 318 g/mol. The lowest BCUT2D eigenvalue weighted by molar-refractivity contribution is -0.133. The summed E-state index contributed by atoms with van der Waals surface area (Å²) in [7, 11) is -2.95. The van der Waals surface area contributed by atoms with Crippen molar-refractivity contribution in [3.8, 4) is 0 Å². The number of hydrogen-bond acceptors (Lipinski definition) is 4. The van der Waals surface area contributed by atoms with Crippen LogP contribution in [0.3, 0.4) is 0 Å². The summed E-state index contributed by atoms with van der Waals surface area (Å²) < 4.78 is 23.1. The zero-order valence-corrected chi connectivity index (χ0v) is 14.4. The fourth-order valence-corrected chi connectivity index (χ4v) is 4.87. The molecule has 124 valence electrons. The molecule has 0 bridgehead atoms. The van der Waals surface area contributed by atoms with Crippen molar-refractivity contribution in [2.45, 2.75) is 52.5 Å². The van der Waals surface area contributed by atoms with Crippen LogP contribution in [0.1, 0.15) is 46.5 Å². The van der Waals surface area contributed by atoms with Gasteiger partial charge in [0.05, 0.1) is 11.5 Å². The molecule has 0 aliphatic carbocycles. The first-order valence-electron chi connectivity index (χ1n) is 8.00. The number of hydrogen-bond donors (Lipinski definition) is 1. The molecule has 1 amide bonds. The highest BCUT2D eigenvalue weighted by molar-refractivity contribution is 7.91. The van der Waals surface area contributed by atoms with Gasteiger partial charge in [-0.3, -0.25) is 4.79 Å². The molecule has 1 heterocycles. The van der Waals surface area contributed by atoms with Gasteiger partial charge in [-0.1, -0.05) is 13.8 Å². The van der Waals surface area contributed by atoms with Crippen LogP contribution >= 0.6 is 0 Å². The number of amides is 1. The molecule has 21 heavy (non-hydrogen) atoms. The molecule has 0 saturated carbocycles. The Morgan fingerprint density at radius 1 is 1.33 bits per heavy atom. The number of sulfone groups is 1. The van der Waals surface area contributed by atoms with Crippen molar-refractivity contribution in [1.82, 2.24) is 4.90 Å². The standard InChI is InChI=1S/C15H30N2O3S/c1-4-17(14-8-10-21(19,20)11-14)15(18)6-5-13(7-9-16)12(2)3/h12-14H,4-11,16H2,1-3H3. The molecule has 2 atom stereocenters. The van der Waals surface area contributed by atoms with E-state index < -0.39 is 9.84 Å². The molecule has 2 N–H and O–H groups in total. The Balaban J connectivity index is 2.55. The third-order valence-corrected chi connectivity index (χ3v) is 6.27. The van der Waals surface area contributed by atoms with Crippen molar-refractivity contribution in [3.63, 3.8) is 0 Å². The second-order valence-corrected chi connectivity index (χ2v) is 8.59. The lowest BCUT2D eigenvalue weighted by Crippen LogP contribution is -2.41. The molecule has 2 unspecified atom stereocenters. The van der Waals surface area contributed by atoms with Gasteiger partial charge in [0, 0.05) is 19.0 Å². The van der Waals surface area contributed by atoms with Crippen LogP contribution < -0.4 is 5.73 Å². The Morgan fingerprint density at radius 2 is 2.00 bits per heavy atom. The molecule has 1 saturated heterocycles. The van der Waals surface area contributed by atoms with Crippen molar-refractivity contribution in [2.24, 2.45) is 17.6 Å². The van der Waals surface area contributed by atoms with Gasteiger partial charge in [-0.05, 0) is 44.6 Å². The van der Waals surface area contributed by atoms with Gasteiger partial charge < -0.3 is 10.6 Å². The molecule has 0 aromatic carbocycles. The topological polar surface area (TPSA) is 80.5 Å². The van der Waals surface area contributed by atoms with Crippen LogP contribution in [0, 0.1) is 11.8 Å². The van der Waals surface area contributed by atoms with Crippen molar-refractivity contribution in [3.05, 3.63) is 0 Å². The lowest BCUT2D eigenvalue weighted by atomic mass is 9.88. The van der Waals surface area contributed by atoms with Gasteiger partial charge in [-0.25, -0.2) is 8.42 Å². The summed E-state index contributed by atoms with van der Waals surface area (Å²) in [4.78, 5) is 14.2. The van der Waals surface area contributed by atoms with E-state index in [0.717, 1.165) is 12.8 Å². The maximum Gasteiger partial charge on any atom is 0.222 e. The molecule has 1 aliphatic rings. The molecule has 0 aromatic heterocycles. The SMILES string of the molecule is CCN(C(=O)CCC(CCN)C(C)C)C1CCS(=O)(=O)C1. The molecule has 5 nitrogen and oxygen atoms in total. The van der Waals surface area contributed by atoms with E-state index in [2.05, 4.69) is 13.8 Å². The van der Waals surface area contributed by atoms with Crippen molar-refractivity contribution in [2.75, 3.05) is 24.6 Å². The Hall–Kier alpha value is -0.620. The minimum Gasteiger partial charge on any atom is -0.339 e. The smallest absolute Gasteiger partial charge is 0.222 e. The lowest BCUT2D eigenvalue weighted by Gasteiger charge is -2.28. The molecular formula is C15H30N2O3S. The van der Waals surface area contributed by atoms with E-state index in [9.17, 15) is 13.2 Å². The van der Waals surface area contributed by atoms with Gasteiger partial charge in [-0.15, -0.1) is 0 Å². The van der Waals surface area contributed by atoms with Crippen LogP contribution in [-0.4, -0.2) is 49.9 Å². The Kier molecular flexibility index (Phi) is 7.13. The van der Waals surface area contributed by atoms with Crippen LogP contribution in [-0.2, 0) is 14.6 Å². The quantitative estimate of drug-likeness (QED) is 0.734. The highest BCUT2D eigenvalue weighted by Gasteiger charge is 2.33. The van der Waals surface area contributed by atoms with E-state index in [-0.39, 0.29) is 23.5 Å². The molecule has 1 aliphatic heterocycles. The first kappa shape index (κ1) is 18.4. The number of carbonyl (C=O) groups excluding carboxylic acids is 1. The van der Waals surface area contributed by atoms with Gasteiger partial charge in [0.15, 0.2) is 9.84 Å². The Labute approximate surface area is 129 Å². The molecule has 1 rings (SSSR count). The second kappa shape index (κ2) is 8.13. The van der Waals surface area contributed by atoms with Crippen LogP contribution in [0.4, 0.5) is 0 Å². The minimum atomic E-state index is -2.95. The minimum absolute atomic E-state index is 0.0854. The summed E-state index contributed by atoms with van der Waals surface area (Å²) in [5.41, 5.74) is 5.63. The maximum atomic E-state index is 12.4. The van der Waals surface area contributed by atoms with E-state index in [1.807, 2.05) is 6.92 Å². The maximum absolute atomic E-state index is 12.4. The van der Waals surface area contributed by atoms with E-state index >= 15 is 0 Å². The summed E-state index contributed by atoms with van der Waals surface area (Å²) in [6, 6.07) is -0.125. The van der Waals surface area contributed by atoms with Gasteiger partial charge in [0.2, 0.25) is 5.91 Å². The molecule has 0 aromatic rings. The van der Waals surface area contributed by atoms with Crippen LogP contribution in [0.25, 0.3) is 0 Å². The first-order valence-corrected chi connectivity index (χ1v) is 9.82. The average molecular weight is 318 g/mol. The van der Waals surface area contributed by atoms with Crippen LogP contribution in [0.15, 0.2) is 0 Å². The van der Waals surface area contributed by atoms with E-state index in [1.54, 1.807) is 4.90 Å². The number of nitrogens with zero attached hydrogens (tertiary/aromatic N) is 1. The average Bonchev–Trinajstić information content (AvgIpc) is 2.75. The predicted octanol–water partition coefficient (Wildman–Crippen LogP) is 1.42. The normalized spacial score (nSPS) is 22.4. The first-order chi connectivity index (χ1) is 9.80. The van der Waals surface area contributed by atoms with E-state index in [0.29, 0.717) is 37.8 Å². The summed E-state index contributed by atoms with van der Waals surface area (Å²) in [6.45, 7) is 7.47. The fraction of sp³-hybridized carbons (Fsp3) is 0.933. The van der Waals surface area contributed by atoms with Crippen molar-refractivity contribution in [1.29, 1.82) is 0 Å². The second-order valence-electron chi connectivity index (χ2n) is 6.36. The van der Waals surface area contributed by atoms with Gasteiger partial charge in [0.1, 0.15) is 0 Å². The molecule has 6 heteroatoms. The number of carbonyl (C=O) groups is 1. The van der Waals surface area contributed by atoms with Crippen LogP contribution in [0.5, 0.6) is 0 Å². The Bertz CT molecular complexity index is 434. The number of rotatable bonds is 8. The highest BCUT2D eigenvalue weighted by Crippen LogP contribution is 2.23. The molecule has 0 radical (unpaired) electrons. The highest BCUT2D eigenvalue weighted by atomic mass is 32.2. The van der Waals surface area contributed by atoms with Crippen LogP contribution in [0.2, 0.25) is 0 Å². The zero-order chi connectivity index (χ0) is 16.0. The molecule has 1 fully saturated rings. The summed E-state index contributed by atoms with van der Waals surface area (Å²) >= 11 is 0. The van der Waals surface area contributed by atoms with Crippen molar-refractivity contribution < 1.29 is 13.2 Å². The zero-order valence-electron chi connectivity index (χ0n) is 13.5. The number of nitrogens with two attached hydrogens (primary N) is 1. The Morgan fingerprint density at radius 3 is 2.43 bits per heavy atom. The molecule has 0 spiro atoms. The fourth-order valence-electron chi connectivity index (χ4n) is 3.14. The molecular weight excluding hydrogens is 288 g/mol. The third kappa shape index (κ3) is 5.58. The van der Waals surface area contributed by atoms with Gasteiger partial charge in [-0.2, -0.15) is 0 Å². The largest absolute Gasteiger partial charge is 0.339 e. The van der Waals surface area contributed by atoms with E-state index in [1.165, 1.54) is 0 Å². The van der Waals surface area contributed by atoms with Gasteiger partial charge in [0.25, 0.3) is 0 Å². The van der Waals surface area contributed by atoms with Crippen molar-refractivity contribution >= 4 is 15.7 Å². The van der Waals surface area contributed by atoms with E-state index in [4.69, 9.17) is 5.73 Å². The summed E-state index contributed by atoms with van der Waals surface area (Å²) in [6.07, 6.45) is 2.85. The van der Waals surface area contributed by atoms with Gasteiger partial charge >= 0.3 is 0 Å². The summed E-state index contributed by atoms with van der Waals surface area (Å²) in [5.74, 6) is 1.40. The predicted molar refractivity (Wildman–Crippen MR) is 85.7 cm³/mol.